The highest BCUT2D eigenvalue weighted by molar-refractivity contribution is 7.87. The number of para-hydroxylation sites is 1. The van der Waals surface area contributed by atoms with Crippen molar-refractivity contribution in [3.63, 3.8) is 0 Å². The van der Waals surface area contributed by atoms with Gasteiger partial charge in [0.2, 0.25) is 11.9 Å². The second-order valence-corrected chi connectivity index (χ2v) is 7.84. The number of rotatable bonds is 8. The minimum absolute atomic E-state index is 0.0106. The van der Waals surface area contributed by atoms with Crippen molar-refractivity contribution in [2.24, 2.45) is 10.7 Å². The Bertz CT molecular complexity index is 1050. The van der Waals surface area contributed by atoms with Gasteiger partial charge in [-0.2, -0.15) is 8.42 Å². The minimum atomic E-state index is -4.19. The van der Waals surface area contributed by atoms with E-state index in [-0.39, 0.29) is 40.3 Å². The number of carbonyl (C=O) groups is 2. The molecule has 0 aliphatic carbocycles. The molecule has 4 N–H and O–H groups in total. The number of nitrogens with two attached hydrogens (primary N) is 1. The summed E-state index contributed by atoms with van der Waals surface area (Å²) in [5.41, 5.74) is 5.92. The van der Waals surface area contributed by atoms with Gasteiger partial charge in [-0.3, -0.25) is 10.1 Å². The van der Waals surface area contributed by atoms with Crippen LogP contribution in [0.5, 0.6) is 5.75 Å². The maximum Gasteiger partial charge on any atom is 0.413 e. The number of nitrogens with zero attached hydrogens (tertiary/aromatic N) is 1. The fraction of sp³-hybridized carbons (Fsp3) is 0.250. The number of hydrogen-bond donors (Lipinski definition) is 3. The van der Waals surface area contributed by atoms with E-state index in [0.29, 0.717) is 6.42 Å². The van der Waals surface area contributed by atoms with Crippen molar-refractivity contribution in [3.8, 4) is 5.75 Å². The molecule has 0 saturated carbocycles. The van der Waals surface area contributed by atoms with Gasteiger partial charge in [0.05, 0.1) is 18.5 Å². The normalized spacial score (nSPS) is 11.5. The van der Waals surface area contributed by atoms with Crippen LogP contribution in [0.3, 0.4) is 0 Å². The highest BCUT2D eigenvalue weighted by atomic mass is 32.2. The van der Waals surface area contributed by atoms with Gasteiger partial charge < -0.3 is 20.0 Å². The molecule has 0 aliphatic rings. The van der Waals surface area contributed by atoms with Gasteiger partial charge in [0.25, 0.3) is 0 Å². The van der Waals surface area contributed by atoms with Crippen LogP contribution in [0.4, 0.5) is 16.2 Å². The molecule has 0 aromatic heterocycles. The molecule has 2 aromatic carbocycles. The molecule has 31 heavy (non-hydrogen) atoms. The first-order valence-corrected chi connectivity index (χ1v) is 10.8. The smallest absolute Gasteiger partial charge is 0.413 e. The zero-order valence-electron chi connectivity index (χ0n) is 17.1. The third-order valence-electron chi connectivity index (χ3n) is 3.89. The van der Waals surface area contributed by atoms with E-state index in [2.05, 4.69) is 20.4 Å². The monoisotopic (exact) mass is 448 g/mol. The van der Waals surface area contributed by atoms with E-state index in [1.807, 2.05) is 6.92 Å². The quantitative estimate of drug-likeness (QED) is 0.319. The molecule has 0 fully saturated rings. The summed E-state index contributed by atoms with van der Waals surface area (Å²) < 4.78 is 34.9. The first-order chi connectivity index (χ1) is 14.7. The van der Waals surface area contributed by atoms with E-state index >= 15 is 0 Å². The molecule has 166 valence electrons. The van der Waals surface area contributed by atoms with Crippen molar-refractivity contribution in [3.05, 3.63) is 48.5 Å². The molecule has 0 radical (unpaired) electrons. The molecule has 0 heterocycles. The second-order valence-electron chi connectivity index (χ2n) is 6.29. The van der Waals surface area contributed by atoms with Gasteiger partial charge in [0, 0.05) is 6.42 Å². The number of benzene rings is 2. The number of guanidine groups is 1. The SMILES string of the molecule is CCCCC(=O)Nc1ccc(S(=O)(=O)Oc2ccccc2)cc1N=C(N)NC(=O)OC. The van der Waals surface area contributed by atoms with Gasteiger partial charge in [-0.25, -0.2) is 9.79 Å². The van der Waals surface area contributed by atoms with E-state index in [9.17, 15) is 18.0 Å². The number of hydrogen-bond acceptors (Lipinski definition) is 7. The number of aliphatic imine (C=N–C) groups is 1. The second kappa shape index (κ2) is 11.0. The Kier molecular flexibility index (Phi) is 8.38. The predicted octanol–water partition coefficient (Wildman–Crippen LogP) is 2.89. The number of ether oxygens (including phenoxy) is 1. The van der Waals surface area contributed by atoms with Crippen LogP contribution in [0.25, 0.3) is 0 Å². The van der Waals surface area contributed by atoms with Crippen molar-refractivity contribution in [1.82, 2.24) is 5.32 Å². The van der Waals surface area contributed by atoms with Gasteiger partial charge in [-0.1, -0.05) is 31.5 Å². The Labute approximate surface area is 180 Å². The number of unbranched alkanes of at least 4 members (excludes halogenated alkanes) is 1. The van der Waals surface area contributed by atoms with Crippen molar-refractivity contribution >= 4 is 39.5 Å². The Morgan fingerprint density at radius 3 is 2.48 bits per heavy atom. The van der Waals surface area contributed by atoms with Crippen molar-refractivity contribution < 1.29 is 26.9 Å². The Morgan fingerprint density at radius 1 is 1.13 bits per heavy atom. The topological polar surface area (TPSA) is 149 Å². The molecule has 10 nitrogen and oxygen atoms in total. The summed E-state index contributed by atoms with van der Waals surface area (Å²) in [7, 11) is -3.04. The Balaban J connectivity index is 2.40. The van der Waals surface area contributed by atoms with E-state index < -0.39 is 16.2 Å². The largest absolute Gasteiger partial charge is 0.453 e. The lowest BCUT2D eigenvalue weighted by molar-refractivity contribution is -0.116. The maximum atomic E-state index is 12.7. The fourth-order valence-corrected chi connectivity index (χ4v) is 3.33. The Hall–Kier alpha value is -3.60. The van der Waals surface area contributed by atoms with E-state index in [4.69, 9.17) is 9.92 Å². The molecular formula is C20H24N4O6S. The van der Waals surface area contributed by atoms with Gasteiger partial charge in [0.1, 0.15) is 10.6 Å². The van der Waals surface area contributed by atoms with Crippen LogP contribution < -0.4 is 20.6 Å². The number of amides is 2. The predicted molar refractivity (Wildman–Crippen MR) is 116 cm³/mol. The van der Waals surface area contributed by atoms with E-state index in [1.54, 1.807) is 18.2 Å². The summed E-state index contributed by atoms with van der Waals surface area (Å²) in [6.45, 7) is 1.95. The van der Waals surface area contributed by atoms with Gasteiger partial charge in [-0.15, -0.1) is 0 Å². The zero-order chi connectivity index (χ0) is 22.9. The molecule has 2 amide bonds. The number of carbonyl (C=O) groups excluding carboxylic acids is 2. The summed E-state index contributed by atoms with van der Waals surface area (Å²) in [6, 6.07) is 11.8. The summed E-state index contributed by atoms with van der Waals surface area (Å²) in [5.74, 6) is -0.486. The molecule has 0 atom stereocenters. The molecule has 0 spiro atoms. The highest BCUT2D eigenvalue weighted by Gasteiger charge is 2.19. The zero-order valence-corrected chi connectivity index (χ0v) is 17.9. The lowest BCUT2D eigenvalue weighted by Gasteiger charge is -2.12. The average molecular weight is 449 g/mol. The van der Waals surface area contributed by atoms with Crippen LogP contribution in [-0.2, 0) is 19.6 Å². The van der Waals surface area contributed by atoms with Crippen molar-refractivity contribution in [1.29, 1.82) is 0 Å². The lowest BCUT2D eigenvalue weighted by Crippen LogP contribution is -2.36. The molecular weight excluding hydrogens is 424 g/mol. The summed E-state index contributed by atoms with van der Waals surface area (Å²) in [4.78, 5) is 27.3. The van der Waals surface area contributed by atoms with Crippen LogP contribution in [0.1, 0.15) is 26.2 Å². The van der Waals surface area contributed by atoms with Gasteiger partial charge in [0.15, 0.2) is 0 Å². The van der Waals surface area contributed by atoms with Crippen LogP contribution in [0.2, 0.25) is 0 Å². The standard InChI is InChI=1S/C20H24N4O6S/c1-3-4-10-18(25)22-16-12-11-15(13-17(16)23-19(21)24-20(26)29-2)31(27,28)30-14-8-6-5-7-9-14/h5-9,11-13H,3-4,10H2,1-2H3,(H,22,25)(H3,21,23,24,26). The van der Waals surface area contributed by atoms with Crippen LogP contribution in [-0.4, -0.2) is 33.5 Å². The van der Waals surface area contributed by atoms with Gasteiger partial charge in [-0.05, 0) is 36.8 Å². The molecule has 0 unspecified atom stereocenters. The molecule has 0 bridgehead atoms. The molecule has 2 aromatic rings. The van der Waals surface area contributed by atoms with Crippen LogP contribution in [0.15, 0.2) is 58.4 Å². The van der Waals surface area contributed by atoms with E-state index in [1.165, 1.54) is 30.3 Å². The summed E-state index contributed by atoms with van der Waals surface area (Å²) >= 11 is 0. The van der Waals surface area contributed by atoms with Crippen molar-refractivity contribution in [2.45, 2.75) is 31.1 Å². The maximum absolute atomic E-state index is 12.7. The molecule has 11 heteroatoms. The van der Waals surface area contributed by atoms with Crippen molar-refractivity contribution in [2.75, 3.05) is 12.4 Å². The number of nitrogens with one attached hydrogen (secondary N) is 2. The molecule has 2 rings (SSSR count). The Morgan fingerprint density at radius 2 is 1.84 bits per heavy atom. The first kappa shape index (κ1) is 23.7. The first-order valence-electron chi connectivity index (χ1n) is 9.37. The number of methoxy groups -OCH3 is 1. The van der Waals surface area contributed by atoms with Crippen LogP contribution >= 0.6 is 0 Å². The van der Waals surface area contributed by atoms with E-state index in [0.717, 1.165) is 13.5 Å². The lowest BCUT2D eigenvalue weighted by atomic mass is 10.2. The molecule has 0 aliphatic heterocycles. The minimum Gasteiger partial charge on any atom is -0.453 e. The molecule has 0 saturated heterocycles. The number of alkyl carbamates (subject to hydrolysis) is 1. The van der Waals surface area contributed by atoms with Gasteiger partial charge >= 0.3 is 16.2 Å². The highest BCUT2D eigenvalue weighted by Crippen LogP contribution is 2.30. The third-order valence-corrected chi connectivity index (χ3v) is 5.14. The summed E-state index contributed by atoms with van der Waals surface area (Å²) in [5, 5.41) is 4.83. The fourth-order valence-electron chi connectivity index (χ4n) is 2.38. The number of anilines is 1. The van der Waals surface area contributed by atoms with Crippen LogP contribution in [0, 0.1) is 0 Å². The third kappa shape index (κ3) is 7.30. The summed E-state index contributed by atoms with van der Waals surface area (Å²) in [6.07, 6.45) is 0.953. The average Bonchev–Trinajstić information content (AvgIpc) is 2.73.